The lowest BCUT2D eigenvalue weighted by Crippen LogP contribution is -2.51. The molecule has 1 amide bonds. The number of hydrogen-bond donors (Lipinski definition) is 1. The first-order valence-corrected chi connectivity index (χ1v) is 8.92. The fourth-order valence-electron chi connectivity index (χ4n) is 2.99. The molecule has 1 saturated heterocycles. The number of aromatic nitrogens is 2. The number of nitrogens with one attached hydrogen (secondary N) is 1. The summed E-state index contributed by atoms with van der Waals surface area (Å²) in [4.78, 5) is 22.5. The maximum Gasteiger partial charge on any atom is 0.220 e. The van der Waals surface area contributed by atoms with Gasteiger partial charge in [0, 0.05) is 31.6 Å². The van der Waals surface area contributed by atoms with Crippen LogP contribution in [-0.2, 0) is 9.53 Å². The number of fused-ring (bicyclic) bond motifs is 1. The molecular weight excluding hydrogens is 354 g/mol. The minimum Gasteiger partial charge on any atom is -0.377 e. The van der Waals surface area contributed by atoms with E-state index in [9.17, 15) is 13.6 Å². The van der Waals surface area contributed by atoms with Gasteiger partial charge in [0.2, 0.25) is 5.91 Å². The molecule has 6 nitrogen and oxygen atoms in total. The summed E-state index contributed by atoms with van der Waals surface area (Å²) in [7, 11) is 0. The van der Waals surface area contributed by atoms with E-state index < -0.39 is 11.6 Å². The second-order valence-corrected chi connectivity index (χ2v) is 6.39. The van der Waals surface area contributed by atoms with Crippen LogP contribution in [0, 0.1) is 11.6 Å². The van der Waals surface area contributed by atoms with Crippen molar-refractivity contribution >= 4 is 22.8 Å². The van der Waals surface area contributed by atoms with Crippen LogP contribution in [-0.4, -0.2) is 48.2 Å². The molecule has 1 N–H and O–H groups in total. The predicted molar refractivity (Wildman–Crippen MR) is 98.5 cm³/mol. The van der Waals surface area contributed by atoms with Crippen molar-refractivity contribution in [3.63, 3.8) is 0 Å². The summed E-state index contributed by atoms with van der Waals surface area (Å²) >= 11 is 0. The maximum atomic E-state index is 13.5. The van der Waals surface area contributed by atoms with Gasteiger partial charge in [-0.15, -0.1) is 6.58 Å². The molecule has 0 spiro atoms. The number of nitrogens with zero attached hydrogens (tertiary/aromatic N) is 3. The lowest BCUT2D eigenvalue weighted by atomic mass is 10.2. The normalized spacial score (nSPS) is 17.1. The van der Waals surface area contributed by atoms with Gasteiger partial charge in [-0.3, -0.25) is 9.78 Å². The van der Waals surface area contributed by atoms with E-state index in [4.69, 9.17) is 4.74 Å². The number of rotatable bonds is 7. The summed E-state index contributed by atoms with van der Waals surface area (Å²) in [5.41, 5.74) is 0.572. The van der Waals surface area contributed by atoms with Gasteiger partial charge in [-0.05, 0) is 12.8 Å². The smallest absolute Gasteiger partial charge is 0.220 e. The monoisotopic (exact) mass is 376 g/mol. The van der Waals surface area contributed by atoms with Crippen LogP contribution in [0.5, 0.6) is 0 Å². The molecule has 0 saturated carbocycles. The summed E-state index contributed by atoms with van der Waals surface area (Å²) in [6.07, 6.45) is 5.33. The Labute approximate surface area is 156 Å². The average molecular weight is 376 g/mol. The molecule has 1 unspecified atom stereocenters. The standard InChI is InChI=1S/C19H22F2N4O2/c1-2-3-4-5-19(26)23-10-13-12-27-7-6-25(13)18-11-22-16-8-14(20)15(21)9-17(16)24-18/h2,8-9,11,13H,1,3-7,10,12H2,(H,23,26). The predicted octanol–water partition coefficient (Wildman–Crippen LogP) is 2.59. The van der Waals surface area contributed by atoms with Crippen molar-refractivity contribution in [1.29, 1.82) is 0 Å². The largest absolute Gasteiger partial charge is 0.377 e. The third-order valence-electron chi connectivity index (χ3n) is 4.44. The number of ether oxygens (including phenoxy) is 1. The molecule has 0 radical (unpaired) electrons. The molecule has 1 atom stereocenters. The van der Waals surface area contributed by atoms with Gasteiger partial charge < -0.3 is 15.0 Å². The lowest BCUT2D eigenvalue weighted by molar-refractivity contribution is -0.121. The van der Waals surface area contributed by atoms with E-state index in [0.717, 1.165) is 25.0 Å². The van der Waals surface area contributed by atoms with Crippen LogP contribution in [0.4, 0.5) is 14.6 Å². The number of hydrogen-bond acceptors (Lipinski definition) is 5. The van der Waals surface area contributed by atoms with Crippen LogP contribution in [0.15, 0.2) is 31.0 Å². The van der Waals surface area contributed by atoms with Crippen molar-refractivity contribution < 1.29 is 18.3 Å². The van der Waals surface area contributed by atoms with Gasteiger partial charge >= 0.3 is 0 Å². The van der Waals surface area contributed by atoms with Crippen molar-refractivity contribution in [3.8, 4) is 0 Å². The van der Waals surface area contributed by atoms with Gasteiger partial charge in [0.1, 0.15) is 5.82 Å². The molecule has 2 aromatic rings. The summed E-state index contributed by atoms with van der Waals surface area (Å²) in [5.74, 6) is -1.39. The SMILES string of the molecule is C=CCCCC(=O)NCC1COCCN1c1cnc2cc(F)c(F)cc2n1. The van der Waals surface area contributed by atoms with Gasteiger partial charge in [-0.25, -0.2) is 13.8 Å². The first-order valence-electron chi connectivity index (χ1n) is 8.92. The molecule has 0 aliphatic carbocycles. The molecule has 1 aliphatic heterocycles. The van der Waals surface area contributed by atoms with Crippen LogP contribution >= 0.6 is 0 Å². The number of anilines is 1. The quantitative estimate of drug-likeness (QED) is 0.594. The van der Waals surface area contributed by atoms with Crippen LogP contribution in [0.25, 0.3) is 11.0 Å². The zero-order valence-corrected chi connectivity index (χ0v) is 15.0. The molecule has 144 valence electrons. The Bertz CT molecular complexity index is 831. The number of morpholine rings is 1. The summed E-state index contributed by atoms with van der Waals surface area (Å²) in [6.45, 7) is 5.57. The van der Waals surface area contributed by atoms with Crippen molar-refractivity contribution in [2.24, 2.45) is 0 Å². The molecular formula is C19H22F2N4O2. The van der Waals surface area contributed by atoms with Crippen molar-refractivity contribution in [2.75, 3.05) is 31.2 Å². The molecule has 1 aliphatic rings. The minimum atomic E-state index is -0.959. The van der Waals surface area contributed by atoms with Gasteiger partial charge in [0.05, 0.1) is 36.5 Å². The second-order valence-electron chi connectivity index (χ2n) is 6.39. The van der Waals surface area contributed by atoms with Gasteiger partial charge in [-0.1, -0.05) is 6.08 Å². The van der Waals surface area contributed by atoms with Crippen LogP contribution in [0.2, 0.25) is 0 Å². The Balaban J connectivity index is 1.71. The Kier molecular flexibility index (Phi) is 6.28. The van der Waals surface area contributed by atoms with Crippen LogP contribution in [0.1, 0.15) is 19.3 Å². The number of amides is 1. The second kappa shape index (κ2) is 8.85. The summed E-state index contributed by atoms with van der Waals surface area (Å²) in [6, 6.07) is 1.96. The molecule has 8 heteroatoms. The van der Waals surface area contributed by atoms with E-state index in [0.29, 0.717) is 38.5 Å². The van der Waals surface area contributed by atoms with Crippen LogP contribution in [0.3, 0.4) is 0 Å². The number of allylic oxidation sites excluding steroid dienone is 1. The molecule has 1 fully saturated rings. The Morgan fingerprint density at radius 2 is 2.15 bits per heavy atom. The minimum absolute atomic E-state index is 0.0236. The zero-order chi connectivity index (χ0) is 19.2. The fourth-order valence-corrected chi connectivity index (χ4v) is 2.99. The highest BCUT2D eigenvalue weighted by atomic mass is 19.2. The topological polar surface area (TPSA) is 67.3 Å². The fraction of sp³-hybridized carbons (Fsp3) is 0.421. The highest BCUT2D eigenvalue weighted by Crippen LogP contribution is 2.21. The van der Waals surface area contributed by atoms with Crippen molar-refractivity contribution in [2.45, 2.75) is 25.3 Å². The molecule has 27 heavy (non-hydrogen) atoms. The summed E-state index contributed by atoms with van der Waals surface area (Å²) < 4.78 is 32.4. The average Bonchev–Trinajstić information content (AvgIpc) is 2.67. The molecule has 1 aromatic heterocycles. The Hall–Kier alpha value is -2.61. The molecule has 2 heterocycles. The molecule has 1 aromatic carbocycles. The molecule has 3 rings (SSSR count). The third-order valence-corrected chi connectivity index (χ3v) is 4.44. The van der Waals surface area contributed by atoms with E-state index in [2.05, 4.69) is 21.9 Å². The summed E-state index contributed by atoms with van der Waals surface area (Å²) in [5, 5.41) is 2.91. The zero-order valence-electron chi connectivity index (χ0n) is 15.0. The number of unbranched alkanes of at least 4 members (excludes halogenated alkanes) is 1. The van der Waals surface area contributed by atoms with E-state index >= 15 is 0 Å². The first-order chi connectivity index (χ1) is 13.1. The van der Waals surface area contributed by atoms with E-state index in [1.807, 2.05) is 4.90 Å². The Morgan fingerprint density at radius 3 is 2.93 bits per heavy atom. The lowest BCUT2D eigenvalue weighted by Gasteiger charge is -2.36. The van der Waals surface area contributed by atoms with Crippen molar-refractivity contribution in [1.82, 2.24) is 15.3 Å². The Morgan fingerprint density at radius 1 is 1.37 bits per heavy atom. The van der Waals surface area contributed by atoms with Gasteiger partial charge in [0.25, 0.3) is 0 Å². The highest BCUT2D eigenvalue weighted by Gasteiger charge is 2.25. The maximum absolute atomic E-state index is 13.5. The highest BCUT2D eigenvalue weighted by molar-refractivity contribution is 5.76. The van der Waals surface area contributed by atoms with E-state index in [-0.39, 0.29) is 23.0 Å². The van der Waals surface area contributed by atoms with Gasteiger partial charge in [0.15, 0.2) is 11.6 Å². The first kappa shape index (κ1) is 19.2. The number of benzene rings is 1. The van der Waals surface area contributed by atoms with Gasteiger partial charge in [-0.2, -0.15) is 0 Å². The third kappa shape index (κ3) is 4.77. The van der Waals surface area contributed by atoms with Crippen LogP contribution < -0.4 is 10.2 Å². The molecule has 0 bridgehead atoms. The van der Waals surface area contributed by atoms with E-state index in [1.165, 1.54) is 6.20 Å². The number of halogens is 2. The number of carbonyl (C=O) groups is 1. The van der Waals surface area contributed by atoms with Crippen molar-refractivity contribution in [3.05, 3.63) is 42.6 Å². The van der Waals surface area contributed by atoms with E-state index in [1.54, 1.807) is 6.08 Å². The number of carbonyl (C=O) groups excluding carboxylic acids is 1.